The van der Waals surface area contributed by atoms with Crippen molar-refractivity contribution in [2.45, 2.75) is 38.3 Å². The van der Waals surface area contributed by atoms with Crippen LogP contribution in [0.5, 0.6) is 11.5 Å². The molecule has 0 aliphatic heterocycles. The number of pyridine rings is 2. The molecule has 0 N–H and O–H groups in total. The van der Waals surface area contributed by atoms with Gasteiger partial charge in [0.05, 0.1) is 30.8 Å². The fourth-order valence-corrected chi connectivity index (χ4v) is 5.08. The Morgan fingerprint density at radius 2 is 1.70 bits per heavy atom. The van der Waals surface area contributed by atoms with Gasteiger partial charge in [-0.25, -0.2) is 14.3 Å². The zero-order valence-corrected chi connectivity index (χ0v) is 20.7. The second kappa shape index (κ2) is 9.93. The summed E-state index contributed by atoms with van der Waals surface area (Å²) in [6.45, 7) is 0.438. The molecule has 186 valence electrons. The van der Waals surface area contributed by atoms with E-state index in [-0.39, 0.29) is 11.8 Å². The number of aromatic nitrogens is 4. The van der Waals surface area contributed by atoms with Gasteiger partial charge in [-0.3, -0.25) is 9.55 Å². The summed E-state index contributed by atoms with van der Waals surface area (Å²) in [4.78, 5) is 22.4. The first kappa shape index (κ1) is 23.0. The van der Waals surface area contributed by atoms with Crippen molar-refractivity contribution in [1.82, 2.24) is 19.1 Å². The maximum absolute atomic E-state index is 13.6. The maximum atomic E-state index is 13.6. The number of ether oxygens (including phenoxy) is 2. The van der Waals surface area contributed by atoms with E-state index in [1.807, 2.05) is 66.7 Å². The minimum atomic E-state index is -0.137. The van der Waals surface area contributed by atoms with Gasteiger partial charge < -0.3 is 9.47 Å². The smallest absolute Gasteiger partial charge is 0.335 e. The zero-order valence-electron chi connectivity index (χ0n) is 20.7. The van der Waals surface area contributed by atoms with Crippen molar-refractivity contribution < 1.29 is 9.47 Å². The number of para-hydroxylation sites is 2. The molecular weight excluding hydrogens is 464 g/mol. The van der Waals surface area contributed by atoms with Gasteiger partial charge in [0.1, 0.15) is 5.82 Å². The third-order valence-electron chi connectivity index (χ3n) is 6.97. The molecule has 0 amide bonds. The Balaban J connectivity index is 1.35. The summed E-state index contributed by atoms with van der Waals surface area (Å²) < 4.78 is 15.2. The molecule has 1 aliphatic rings. The molecule has 0 unspecified atom stereocenters. The standard InChI is InChI=1S/C30H28N4O3/c1-36-27-14-12-22(17-28(27)37-24-8-2-3-9-24)23-13-15-29(32-19-23)34-26-11-5-4-10-25(26)33(30(34)35)20-21-7-6-16-31-18-21/h4-7,10-19,24H,2-3,8-9,20H2,1H3. The molecule has 6 rings (SSSR count). The number of fused-ring (bicyclic) bond motifs is 1. The van der Waals surface area contributed by atoms with Crippen LogP contribution in [0, 0.1) is 0 Å². The van der Waals surface area contributed by atoms with Crippen LogP contribution in [0.4, 0.5) is 0 Å². The minimum Gasteiger partial charge on any atom is -0.493 e. The molecule has 5 aromatic rings. The number of hydrogen-bond acceptors (Lipinski definition) is 5. The molecule has 1 saturated carbocycles. The van der Waals surface area contributed by atoms with Crippen LogP contribution >= 0.6 is 0 Å². The average molecular weight is 493 g/mol. The van der Waals surface area contributed by atoms with E-state index in [0.717, 1.165) is 52.1 Å². The molecule has 0 spiro atoms. The summed E-state index contributed by atoms with van der Waals surface area (Å²) in [6.07, 6.45) is 10.1. The van der Waals surface area contributed by atoms with Gasteiger partial charge >= 0.3 is 5.69 Å². The van der Waals surface area contributed by atoms with Crippen LogP contribution in [-0.2, 0) is 6.54 Å². The van der Waals surface area contributed by atoms with E-state index < -0.39 is 0 Å². The van der Waals surface area contributed by atoms with Gasteiger partial charge in [0, 0.05) is 24.2 Å². The number of hydrogen-bond donors (Lipinski definition) is 0. The molecule has 0 saturated heterocycles. The van der Waals surface area contributed by atoms with Crippen LogP contribution < -0.4 is 15.2 Å². The highest BCUT2D eigenvalue weighted by Crippen LogP contribution is 2.35. The highest BCUT2D eigenvalue weighted by Gasteiger charge is 2.19. The van der Waals surface area contributed by atoms with E-state index >= 15 is 0 Å². The van der Waals surface area contributed by atoms with E-state index in [1.165, 1.54) is 12.8 Å². The molecule has 0 atom stereocenters. The Kier molecular flexibility index (Phi) is 6.18. The van der Waals surface area contributed by atoms with Gasteiger partial charge in [-0.15, -0.1) is 0 Å². The summed E-state index contributed by atoms with van der Waals surface area (Å²) >= 11 is 0. The molecule has 7 heteroatoms. The topological polar surface area (TPSA) is 71.2 Å². The SMILES string of the molecule is COc1ccc(-c2ccc(-n3c(=O)n(Cc4cccnc4)c4ccccc43)nc2)cc1OC1CCCC1. The van der Waals surface area contributed by atoms with Crippen molar-refractivity contribution >= 4 is 11.0 Å². The van der Waals surface area contributed by atoms with E-state index in [2.05, 4.69) is 4.98 Å². The number of imidazole rings is 1. The quantitative estimate of drug-likeness (QED) is 0.295. The van der Waals surface area contributed by atoms with E-state index in [0.29, 0.717) is 12.4 Å². The van der Waals surface area contributed by atoms with Crippen LogP contribution in [0.2, 0.25) is 0 Å². The molecule has 7 nitrogen and oxygen atoms in total. The van der Waals surface area contributed by atoms with Gasteiger partial charge in [0.25, 0.3) is 0 Å². The van der Waals surface area contributed by atoms with Crippen molar-refractivity contribution in [2.24, 2.45) is 0 Å². The Hall–Kier alpha value is -4.39. The molecular formula is C30H28N4O3. The predicted molar refractivity (Wildman–Crippen MR) is 144 cm³/mol. The molecule has 1 aliphatic carbocycles. The number of benzene rings is 2. The molecule has 3 heterocycles. The lowest BCUT2D eigenvalue weighted by Crippen LogP contribution is -2.24. The monoisotopic (exact) mass is 492 g/mol. The number of rotatable bonds is 7. The largest absolute Gasteiger partial charge is 0.493 e. The third-order valence-corrected chi connectivity index (χ3v) is 6.97. The van der Waals surface area contributed by atoms with Gasteiger partial charge in [-0.05, 0) is 79.3 Å². The first-order valence-electron chi connectivity index (χ1n) is 12.6. The summed E-state index contributed by atoms with van der Waals surface area (Å²) in [5.74, 6) is 2.06. The second-order valence-electron chi connectivity index (χ2n) is 9.35. The van der Waals surface area contributed by atoms with Crippen molar-refractivity contribution in [3.05, 3.63) is 101 Å². The van der Waals surface area contributed by atoms with E-state index in [4.69, 9.17) is 14.5 Å². The Bertz CT molecular complexity index is 1580. The minimum absolute atomic E-state index is 0.137. The third kappa shape index (κ3) is 4.48. The van der Waals surface area contributed by atoms with E-state index in [1.54, 1.807) is 34.8 Å². The summed E-state index contributed by atoms with van der Waals surface area (Å²) in [5, 5.41) is 0. The van der Waals surface area contributed by atoms with Crippen molar-refractivity contribution in [1.29, 1.82) is 0 Å². The van der Waals surface area contributed by atoms with Crippen LogP contribution in [0.25, 0.3) is 28.0 Å². The summed E-state index contributed by atoms with van der Waals surface area (Å²) in [7, 11) is 1.66. The first-order valence-corrected chi connectivity index (χ1v) is 12.6. The lowest BCUT2D eigenvalue weighted by atomic mass is 10.1. The fourth-order valence-electron chi connectivity index (χ4n) is 5.08. The molecule has 1 fully saturated rings. The van der Waals surface area contributed by atoms with Gasteiger partial charge in [-0.1, -0.05) is 24.3 Å². The number of methoxy groups -OCH3 is 1. The Labute approximate surface area is 215 Å². The maximum Gasteiger partial charge on any atom is 0.335 e. The highest BCUT2D eigenvalue weighted by molar-refractivity contribution is 5.78. The van der Waals surface area contributed by atoms with Crippen molar-refractivity contribution in [3.63, 3.8) is 0 Å². The summed E-state index contributed by atoms with van der Waals surface area (Å²) in [5.41, 5.74) is 4.42. The predicted octanol–water partition coefficient (Wildman–Crippen LogP) is 5.63. The Morgan fingerprint density at radius 1 is 0.892 bits per heavy atom. The molecule has 2 aromatic carbocycles. The van der Waals surface area contributed by atoms with Crippen LogP contribution in [0.3, 0.4) is 0 Å². The van der Waals surface area contributed by atoms with Gasteiger partial charge in [-0.2, -0.15) is 0 Å². The first-order chi connectivity index (χ1) is 18.2. The fraction of sp³-hybridized carbons (Fsp3) is 0.233. The molecule has 3 aromatic heterocycles. The Morgan fingerprint density at radius 3 is 2.43 bits per heavy atom. The summed E-state index contributed by atoms with van der Waals surface area (Å²) in [6, 6.07) is 21.5. The van der Waals surface area contributed by atoms with Crippen molar-refractivity contribution in [3.8, 4) is 28.4 Å². The molecule has 37 heavy (non-hydrogen) atoms. The van der Waals surface area contributed by atoms with Gasteiger partial charge in [0.2, 0.25) is 0 Å². The average Bonchev–Trinajstić information content (AvgIpc) is 3.55. The van der Waals surface area contributed by atoms with Crippen LogP contribution in [0.1, 0.15) is 31.2 Å². The van der Waals surface area contributed by atoms with Crippen LogP contribution in [-0.4, -0.2) is 32.3 Å². The normalized spacial score (nSPS) is 13.8. The van der Waals surface area contributed by atoms with Crippen LogP contribution in [0.15, 0.2) is 90.1 Å². The lowest BCUT2D eigenvalue weighted by molar-refractivity contribution is 0.201. The van der Waals surface area contributed by atoms with Gasteiger partial charge in [0.15, 0.2) is 11.5 Å². The molecule has 0 bridgehead atoms. The highest BCUT2D eigenvalue weighted by atomic mass is 16.5. The lowest BCUT2D eigenvalue weighted by Gasteiger charge is -2.17. The van der Waals surface area contributed by atoms with Crippen molar-refractivity contribution in [2.75, 3.05) is 7.11 Å². The van der Waals surface area contributed by atoms with E-state index in [9.17, 15) is 4.79 Å². The second-order valence-corrected chi connectivity index (χ2v) is 9.35. The number of nitrogens with zero attached hydrogens (tertiary/aromatic N) is 4. The molecule has 0 radical (unpaired) electrons. The zero-order chi connectivity index (χ0) is 25.2.